The molecule has 3 aromatic rings. The van der Waals surface area contributed by atoms with Crippen molar-refractivity contribution in [1.29, 1.82) is 0 Å². The number of aromatic nitrogens is 3. The highest BCUT2D eigenvalue weighted by atomic mass is 32.1. The maximum absolute atomic E-state index is 12.0. The van der Waals surface area contributed by atoms with Crippen LogP contribution in [-0.4, -0.2) is 14.5 Å². The Bertz CT molecular complexity index is 904. The van der Waals surface area contributed by atoms with E-state index in [0.717, 1.165) is 26.4 Å². The van der Waals surface area contributed by atoms with E-state index in [-0.39, 0.29) is 4.87 Å². The molecule has 3 aromatic heterocycles. The summed E-state index contributed by atoms with van der Waals surface area (Å²) in [5, 5.41) is 0.937. The quantitative estimate of drug-likeness (QED) is 0.788. The fourth-order valence-electron chi connectivity index (χ4n) is 2.31. The van der Waals surface area contributed by atoms with E-state index >= 15 is 0 Å². The van der Waals surface area contributed by atoms with Gasteiger partial charge in [0.15, 0.2) is 5.82 Å². The predicted molar refractivity (Wildman–Crippen MR) is 88.5 cm³/mol. The van der Waals surface area contributed by atoms with Gasteiger partial charge >= 0.3 is 4.87 Å². The van der Waals surface area contributed by atoms with Gasteiger partial charge in [-0.05, 0) is 33.3 Å². The van der Waals surface area contributed by atoms with Gasteiger partial charge in [-0.1, -0.05) is 11.3 Å². The standard InChI is InChI=1S/C14H16N4OS2/c1-6-8(3)20-13-11(6)12(15)16-10(17-13)5-18-7(2)9(4)21-14(18)19/h5H2,1-4H3,(H2,15,16,17). The van der Waals surface area contributed by atoms with Gasteiger partial charge in [0.05, 0.1) is 11.9 Å². The number of hydrogen-bond acceptors (Lipinski definition) is 6. The first kappa shape index (κ1) is 14.2. The Kier molecular flexibility index (Phi) is 3.33. The van der Waals surface area contributed by atoms with Crippen molar-refractivity contribution < 1.29 is 0 Å². The van der Waals surface area contributed by atoms with E-state index in [9.17, 15) is 4.79 Å². The van der Waals surface area contributed by atoms with Gasteiger partial charge in [-0.2, -0.15) is 0 Å². The zero-order valence-corrected chi connectivity index (χ0v) is 14.0. The highest BCUT2D eigenvalue weighted by Crippen LogP contribution is 2.31. The first-order chi connectivity index (χ1) is 9.88. The summed E-state index contributed by atoms with van der Waals surface area (Å²) in [5.74, 6) is 1.08. The van der Waals surface area contributed by atoms with E-state index in [1.54, 1.807) is 15.9 Å². The number of thiophene rings is 1. The van der Waals surface area contributed by atoms with E-state index in [2.05, 4.69) is 16.9 Å². The largest absolute Gasteiger partial charge is 0.383 e. The lowest BCUT2D eigenvalue weighted by Crippen LogP contribution is -2.17. The SMILES string of the molecule is Cc1sc2nc(Cn3c(C)c(C)sc3=O)nc(N)c2c1C. The van der Waals surface area contributed by atoms with Crippen LogP contribution in [0.25, 0.3) is 10.2 Å². The van der Waals surface area contributed by atoms with E-state index < -0.39 is 0 Å². The van der Waals surface area contributed by atoms with Gasteiger partial charge in [0.1, 0.15) is 10.6 Å². The van der Waals surface area contributed by atoms with Gasteiger partial charge in [0.25, 0.3) is 0 Å². The Morgan fingerprint density at radius 2 is 1.81 bits per heavy atom. The lowest BCUT2D eigenvalue weighted by molar-refractivity contribution is 0.714. The van der Waals surface area contributed by atoms with Crippen LogP contribution in [0.5, 0.6) is 0 Å². The highest BCUT2D eigenvalue weighted by molar-refractivity contribution is 7.18. The summed E-state index contributed by atoms with van der Waals surface area (Å²) in [6.45, 7) is 8.34. The molecule has 0 unspecified atom stereocenters. The monoisotopic (exact) mass is 320 g/mol. The van der Waals surface area contributed by atoms with Crippen LogP contribution in [0.1, 0.15) is 26.8 Å². The van der Waals surface area contributed by atoms with Crippen molar-refractivity contribution in [3.05, 3.63) is 36.5 Å². The van der Waals surface area contributed by atoms with Crippen LogP contribution in [0, 0.1) is 27.7 Å². The van der Waals surface area contributed by atoms with Gasteiger partial charge in [-0.15, -0.1) is 11.3 Å². The molecule has 0 radical (unpaired) electrons. The molecule has 2 N–H and O–H groups in total. The minimum absolute atomic E-state index is 0.0193. The second kappa shape index (κ2) is 4.92. The second-order valence-electron chi connectivity index (χ2n) is 5.08. The first-order valence-corrected chi connectivity index (χ1v) is 8.20. The summed E-state index contributed by atoms with van der Waals surface area (Å²) in [5.41, 5.74) is 8.18. The summed E-state index contributed by atoms with van der Waals surface area (Å²) in [4.78, 5) is 24.1. The summed E-state index contributed by atoms with van der Waals surface area (Å²) < 4.78 is 1.70. The van der Waals surface area contributed by atoms with E-state index in [1.165, 1.54) is 16.2 Å². The van der Waals surface area contributed by atoms with Crippen LogP contribution >= 0.6 is 22.7 Å². The van der Waals surface area contributed by atoms with Crippen molar-refractivity contribution in [3.63, 3.8) is 0 Å². The zero-order chi connectivity index (χ0) is 15.3. The molecule has 0 bridgehead atoms. The minimum Gasteiger partial charge on any atom is -0.383 e. The van der Waals surface area contributed by atoms with Gasteiger partial charge in [-0.25, -0.2) is 9.97 Å². The van der Waals surface area contributed by atoms with E-state index in [0.29, 0.717) is 18.2 Å². The molecule has 0 aliphatic rings. The topological polar surface area (TPSA) is 73.8 Å². The van der Waals surface area contributed by atoms with Crippen molar-refractivity contribution in [2.45, 2.75) is 34.2 Å². The summed E-state index contributed by atoms with van der Waals surface area (Å²) in [6.07, 6.45) is 0. The van der Waals surface area contributed by atoms with Gasteiger partial charge < -0.3 is 5.73 Å². The molecule has 0 atom stereocenters. The average Bonchev–Trinajstić information content (AvgIpc) is 2.82. The van der Waals surface area contributed by atoms with Crippen molar-refractivity contribution >= 4 is 38.7 Å². The van der Waals surface area contributed by atoms with Crippen molar-refractivity contribution in [2.75, 3.05) is 5.73 Å². The molecule has 0 aliphatic carbocycles. The number of aryl methyl sites for hydroxylation is 3. The van der Waals surface area contributed by atoms with E-state index in [1.807, 2.05) is 20.8 Å². The second-order valence-corrected chi connectivity index (χ2v) is 7.45. The molecule has 0 saturated heterocycles. The number of rotatable bonds is 2. The fourth-order valence-corrected chi connectivity index (χ4v) is 4.20. The Hall–Kier alpha value is -1.73. The van der Waals surface area contributed by atoms with Gasteiger partial charge in [-0.3, -0.25) is 9.36 Å². The third-order valence-corrected chi connectivity index (χ3v) is 5.88. The maximum atomic E-state index is 12.0. The van der Waals surface area contributed by atoms with Crippen molar-refractivity contribution in [1.82, 2.24) is 14.5 Å². The van der Waals surface area contributed by atoms with Crippen molar-refractivity contribution in [3.8, 4) is 0 Å². The molecule has 7 heteroatoms. The Morgan fingerprint density at radius 1 is 1.10 bits per heavy atom. The normalized spacial score (nSPS) is 11.4. The molecule has 21 heavy (non-hydrogen) atoms. The van der Waals surface area contributed by atoms with Gasteiger partial charge in [0.2, 0.25) is 0 Å². The number of thiazole rings is 1. The van der Waals surface area contributed by atoms with Crippen LogP contribution < -0.4 is 10.6 Å². The number of nitrogens with zero attached hydrogens (tertiary/aromatic N) is 3. The van der Waals surface area contributed by atoms with Crippen LogP contribution in [0.15, 0.2) is 4.79 Å². The van der Waals surface area contributed by atoms with Crippen LogP contribution in [0.3, 0.4) is 0 Å². The first-order valence-electron chi connectivity index (χ1n) is 6.57. The lowest BCUT2D eigenvalue weighted by atomic mass is 10.2. The highest BCUT2D eigenvalue weighted by Gasteiger charge is 2.14. The smallest absolute Gasteiger partial charge is 0.307 e. The Balaban J connectivity index is 2.12. The molecule has 0 aliphatic heterocycles. The number of hydrogen-bond donors (Lipinski definition) is 1. The number of nitrogens with two attached hydrogens (primary N) is 1. The minimum atomic E-state index is 0.0193. The van der Waals surface area contributed by atoms with E-state index in [4.69, 9.17) is 5.73 Å². The Morgan fingerprint density at radius 3 is 2.43 bits per heavy atom. The predicted octanol–water partition coefficient (Wildman–Crippen LogP) is 2.78. The zero-order valence-electron chi connectivity index (χ0n) is 12.4. The lowest BCUT2D eigenvalue weighted by Gasteiger charge is -2.06. The number of anilines is 1. The van der Waals surface area contributed by atoms with Crippen molar-refractivity contribution in [2.24, 2.45) is 0 Å². The average molecular weight is 320 g/mol. The molecule has 0 aromatic carbocycles. The third-order valence-electron chi connectivity index (χ3n) is 3.78. The summed E-state index contributed by atoms with van der Waals surface area (Å²) >= 11 is 2.87. The third kappa shape index (κ3) is 2.26. The number of nitrogen functional groups attached to an aromatic ring is 1. The molecule has 0 fully saturated rings. The molecular weight excluding hydrogens is 304 g/mol. The summed E-state index contributed by atoms with van der Waals surface area (Å²) in [6, 6.07) is 0. The van der Waals surface area contributed by atoms with Gasteiger partial charge in [0, 0.05) is 15.4 Å². The van der Waals surface area contributed by atoms with Crippen LogP contribution in [-0.2, 0) is 6.54 Å². The molecule has 0 amide bonds. The molecule has 0 spiro atoms. The maximum Gasteiger partial charge on any atom is 0.307 e. The molecule has 5 nitrogen and oxygen atoms in total. The van der Waals surface area contributed by atoms with Crippen LogP contribution in [0.2, 0.25) is 0 Å². The molecular formula is C14H16N4OS2. The molecule has 3 rings (SSSR count). The molecule has 110 valence electrons. The van der Waals surface area contributed by atoms with Crippen LogP contribution in [0.4, 0.5) is 5.82 Å². The Labute approximate surface area is 130 Å². The number of fused-ring (bicyclic) bond motifs is 1. The molecule has 3 heterocycles. The molecule has 0 saturated carbocycles. The fraction of sp³-hybridized carbons (Fsp3) is 0.357. The summed E-state index contributed by atoms with van der Waals surface area (Å²) in [7, 11) is 0.